The van der Waals surface area contributed by atoms with Gasteiger partial charge in [-0.2, -0.15) is 5.10 Å². The summed E-state index contributed by atoms with van der Waals surface area (Å²) in [6.07, 6.45) is 4.61. The van der Waals surface area contributed by atoms with Crippen LogP contribution in [0.2, 0.25) is 0 Å². The smallest absolute Gasteiger partial charge is 0.269 e. The Labute approximate surface area is 145 Å². The molecule has 0 radical (unpaired) electrons. The van der Waals surface area contributed by atoms with Crippen LogP contribution in [-0.4, -0.2) is 26.2 Å². The van der Waals surface area contributed by atoms with E-state index in [9.17, 15) is 10.1 Å². The maximum atomic E-state index is 10.8. The van der Waals surface area contributed by atoms with E-state index in [1.54, 1.807) is 23.0 Å². The number of benzene rings is 1. The molecular weight excluding hydrogens is 318 g/mol. The van der Waals surface area contributed by atoms with E-state index < -0.39 is 4.92 Å². The lowest BCUT2D eigenvalue weighted by Gasteiger charge is -2.05. The first-order valence-electron chi connectivity index (χ1n) is 8.01. The van der Waals surface area contributed by atoms with Crippen LogP contribution >= 0.6 is 0 Å². The molecule has 1 N–H and O–H groups in total. The molecule has 0 bridgehead atoms. The standard InChI is InChI=1S/C18H19N5O2/c1-22-13-15(12-19-11-9-16-4-2-3-10-20-16)18(21-22)14-5-7-17(8-6-14)23(24)25/h2-8,10,13,19H,9,11-12H2,1H3. The highest BCUT2D eigenvalue weighted by atomic mass is 16.6. The van der Waals surface area contributed by atoms with Crippen LogP contribution in [0.3, 0.4) is 0 Å². The van der Waals surface area contributed by atoms with Gasteiger partial charge in [0.1, 0.15) is 0 Å². The van der Waals surface area contributed by atoms with Crippen molar-refractivity contribution in [3.63, 3.8) is 0 Å². The third kappa shape index (κ3) is 4.27. The fourth-order valence-corrected chi connectivity index (χ4v) is 2.64. The number of nitro benzene ring substituents is 1. The monoisotopic (exact) mass is 337 g/mol. The van der Waals surface area contributed by atoms with Crippen molar-refractivity contribution in [1.82, 2.24) is 20.1 Å². The number of pyridine rings is 1. The summed E-state index contributed by atoms with van der Waals surface area (Å²) < 4.78 is 1.76. The molecule has 3 rings (SSSR count). The number of nitrogens with one attached hydrogen (secondary N) is 1. The number of aryl methyl sites for hydroxylation is 1. The van der Waals surface area contributed by atoms with Gasteiger partial charge in [-0.05, 0) is 24.3 Å². The van der Waals surface area contributed by atoms with Gasteiger partial charge in [0.2, 0.25) is 0 Å². The molecular formula is C18H19N5O2. The maximum Gasteiger partial charge on any atom is 0.269 e. The molecule has 3 aromatic rings. The van der Waals surface area contributed by atoms with Gasteiger partial charge in [-0.25, -0.2) is 0 Å². The van der Waals surface area contributed by atoms with Gasteiger partial charge in [-0.1, -0.05) is 6.07 Å². The van der Waals surface area contributed by atoms with Crippen LogP contribution in [0.4, 0.5) is 5.69 Å². The summed E-state index contributed by atoms with van der Waals surface area (Å²) in [5, 5.41) is 18.7. The molecule has 0 amide bonds. The second-order valence-electron chi connectivity index (χ2n) is 5.73. The number of aromatic nitrogens is 3. The van der Waals surface area contributed by atoms with Gasteiger partial charge < -0.3 is 5.32 Å². The molecule has 0 aliphatic rings. The van der Waals surface area contributed by atoms with E-state index in [0.29, 0.717) is 6.54 Å². The SMILES string of the molecule is Cn1cc(CNCCc2ccccn2)c(-c2ccc([N+](=O)[O-])cc2)n1. The Morgan fingerprint density at radius 1 is 1.20 bits per heavy atom. The molecule has 0 aliphatic heterocycles. The Morgan fingerprint density at radius 2 is 2.00 bits per heavy atom. The summed E-state index contributed by atoms with van der Waals surface area (Å²) in [7, 11) is 1.87. The topological polar surface area (TPSA) is 85.9 Å². The van der Waals surface area contributed by atoms with Crippen LogP contribution in [-0.2, 0) is 20.0 Å². The van der Waals surface area contributed by atoms with Crippen molar-refractivity contribution in [3.8, 4) is 11.3 Å². The quantitative estimate of drug-likeness (QED) is 0.407. The highest BCUT2D eigenvalue weighted by Crippen LogP contribution is 2.24. The number of nitrogens with zero attached hydrogens (tertiary/aromatic N) is 4. The molecule has 7 nitrogen and oxygen atoms in total. The normalized spacial score (nSPS) is 10.8. The molecule has 0 aliphatic carbocycles. The lowest BCUT2D eigenvalue weighted by atomic mass is 10.1. The van der Waals surface area contributed by atoms with Crippen molar-refractivity contribution in [2.45, 2.75) is 13.0 Å². The molecule has 128 valence electrons. The highest BCUT2D eigenvalue weighted by Gasteiger charge is 2.12. The van der Waals surface area contributed by atoms with E-state index in [1.165, 1.54) is 12.1 Å². The fourth-order valence-electron chi connectivity index (χ4n) is 2.64. The number of hydrogen-bond donors (Lipinski definition) is 1. The summed E-state index contributed by atoms with van der Waals surface area (Å²) in [5.41, 5.74) is 3.89. The highest BCUT2D eigenvalue weighted by molar-refractivity contribution is 5.64. The summed E-state index contributed by atoms with van der Waals surface area (Å²) in [5.74, 6) is 0. The van der Waals surface area contributed by atoms with Crippen LogP contribution in [0, 0.1) is 10.1 Å². The van der Waals surface area contributed by atoms with Crippen LogP contribution in [0.1, 0.15) is 11.3 Å². The summed E-state index contributed by atoms with van der Waals surface area (Å²) in [6, 6.07) is 12.4. The first-order chi connectivity index (χ1) is 12.1. The van der Waals surface area contributed by atoms with Gasteiger partial charge in [0.05, 0.1) is 10.6 Å². The molecule has 0 atom stereocenters. The lowest BCUT2D eigenvalue weighted by molar-refractivity contribution is -0.384. The second kappa shape index (κ2) is 7.67. The molecule has 2 aromatic heterocycles. The molecule has 1 aromatic carbocycles. The third-order valence-electron chi connectivity index (χ3n) is 3.86. The maximum absolute atomic E-state index is 10.8. The summed E-state index contributed by atoms with van der Waals surface area (Å²) in [6.45, 7) is 1.48. The van der Waals surface area contributed by atoms with Crippen LogP contribution in [0.15, 0.2) is 54.9 Å². The Kier molecular flexibility index (Phi) is 5.15. The van der Waals surface area contributed by atoms with Crippen molar-refractivity contribution in [3.05, 3.63) is 76.2 Å². The van der Waals surface area contributed by atoms with Crippen molar-refractivity contribution in [2.24, 2.45) is 7.05 Å². The van der Waals surface area contributed by atoms with E-state index in [0.717, 1.165) is 35.5 Å². The zero-order valence-electron chi connectivity index (χ0n) is 13.9. The predicted octanol–water partition coefficient (Wildman–Crippen LogP) is 2.72. The molecule has 7 heteroatoms. The summed E-state index contributed by atoms with van der Waals surface area (Å²) in [4.78, 5) is 14.7. The van der Waals surface area contributed by atoms with Gasteiger partial charge in [-0.15, -0.1) is 0 Å². The van der Waals surface area contributed by atoms with Gasteiger partial charge in [0.25, 0.3) is 5.69 Å². The number of rotatable bonds is 7. The molecule has 0 saturated carbocycles. The number of nitro groups is 1. The van der Waals surface area contributed by atoms with E-state index >= 15 is 0 Å². The first kappa shape index (κ1) is 16.8. The molecule has 0 fully saturated rings. The summed E-state index contributed by atoms with van der Waals surface area (Å²) >= 11 is 0. The minimum atomic E-state index is -0.401. The van der Waals surface area contributed by atoms with Crippen molar-refractivity contribution in [1.29, 1.82) is 0 Å². The van der Waals surface area contributed by atoms with Crippen LogP contribution in [0.5, 0.6) is 0 Å². The zero-order valence-corrected chi connectivity index (χ0v) is 13.9. The van der Waals surface area contributed by atoms with E-state index in [1.807, 2.05) is 31.4 Å². The lowest BCUT2D eigenvalue weighted by Crippen LogP contribution is -2.17. The minimum Gasteiger partial charge on any atom is -0.312 e. The average molecular weight is 337 g/mol. The van der Waals surface area contributed by atoms with E-state index in [-0.39, 0.29) is 5.69 Å². The third-order valence-corrected chi connectivity index (χ3v) is 3.86. The first-order valence-corrected chi connectivity index (χ1v) is 8.01. The fraction of sp³-hybridized carbons (Fsp3) is 0.222. The minimum absolute atomic E-state index is 0.0784. The van der Waals surface area contributed by atoms with Crippen LogP contribution < -0.4 is 5.32 Å². The molecule has 0 spiro atoms. The van der Waals surface area contributed by atoms with Crippen molar-refractivity contribution < 1.29 is 4.92 Å². The Morgan fingerprint density at radius 3 is 2.68 bits per heavy atom. The second-order valence-corrected chi connectivity index (χ2v) is 5.73. The average Bonchev–Trinajstić information content (AvgIpc) is 3.00. The molecule has 0 unspecified atom stereocenters. The van der Waals surface area contributed by atoms with Gasteiger partial charge >= 0.3 is 0 Å². The zero-order chi connectivity index (χ0) is 17.6. The molecule has 2 heterocycles. The Hall–Kier alpha value is -3.06. The van der Waals surface area contributed by atoms with Crippen molar-refractivity contribution >= 4 is 5.69 Å². The number of non-ortho nitro benzene ring substituents is 1. The largest absolute Gasteiger partial charge is 0.312 e. The predicted molar refractivity (Wildman–Crippen MR) is 94.9 cm³/mol. The van der Waals surface area contributed by atoms with Crippen molar-refractivity contribution in [2.75, 3.05) is 6.54 Å². The Balaban J connectivity index is 1.65. The van der Waals surface area contributed by atoms with Crippen LogP contribution in [0.25, 0.3) is 11.3 Å². The van der Waals surface area contributed by atoms with Gasteiger partial charge in [0.15, 0.2) is 0 Å². The van der Waals surface area contributed by atoms with E-state index in [4.69, 9.17) is 0 Å². The van der Waals surface area contributed by atoms with Gasteiger partial charge in [0, 0.05) is 67.9 Å². The van der Waals surface area contributed by atoms with E-state index in [2.05, 4.69) is 15.4 Å². The molecule has 0 saturated heterocycles. The number of hydrogen-bond acceptors (Lipinski definition) is 5. The molecule has 25 heavy (non-hydrogen) atoms. The van der Waals surface area contributed by atoms with Gasteiger partial charge in [-0.3, -0.25) is 19.8 Å². The Bertz CT molecular complexity index is 844.